The molecule has 4 saturated carbocycles. The van der Waals surface area contributed by atoms with Crippen LogP contribution in [0.5, 0.6) is 23.0 Å². The van der Waals surface area contributed by atoms with Crippen LogP contribution >= 0.6 is 0 Å². The van der Waals surface area contributed by atoms with Crippen LogP contribution in [0, 0.1) is 23.7 Å². The molecule has 0 aromatic heterocycles. The van der Waals surface area contributed by atoms with E-state index in [1.54, 1.807) is 27.7 Å². The number of carbonyl (C=O) groups excluding carboxylic acids is 4. The number of carbonyl (C=O) groups is 4. The van der Waals surface area contributed by atoms with Crippen molar-refractivity contribution in [2.45, 2.75) is 225 Å². The number of piperazine rings is 4. The van der Waals surface area contributed by atoms with Crippen LogP contribution in [0.4, 0.5) is 22.7 Å². The molecular weight excluding hydrogens is 1460 g/mol. The molecule has 4 amide bonds. The quantitative estimate of drug-likeness (QED) is 0.0717. The molecule has 16 rings (SSSR count). The van der Waals surface area contributed by atoms with E-state index in [1.165, 1.54) is 132 Å². The number of benzene rings is 4. The van der Waals surface area contributed by atoms with Gasteiger partial charge in [0.1, 0.15) is 73.8 Å². The lowest BCUT2D eigenvalue weighted by atomic mass is 9.84. The molecule has 115 heavy (non-hydrogen) atoms. The van der Waals surface area contributed by atoms with Crippen molar-refractivity contribution in [3.05, 3.63) is 97.1 Å². The van der Waals surface area contributed by atoms with Crippen LogP contribution in [-0.4, -0.2) is 248 Å². The summed E-state index contributed by atoms with van der Waals surface area (Å²) in [6, 6.07) is 32.9. The van der Waals surface area contributed by atoms with Crippen LogP contribution in [0.25, 0.3) is 0 Å². The Morgan fingerprint density at radius 3 is 0.783 bits per heavy atom. The molecule has 24 nitrogen and oxygen atoms in total. The minimum atomic E-state index is -0.444. The van der Waals surface area contributed by atoms with E-state index in [2.05, 4.69) is 95.8 Å². The summed E-state index contributed by atoms with van der Waals surface area (Å²) < 4.78 is 73.4. The summed E-state index contributed by atoms with van der Waals surface area (Å²) in [6.45, 7) is 32.7. The first-order valence-corrected chi connectivity index (χ1v) is 43.9. The third-order valence-corrected chi connectivity index (χ3v) is 26.3. The number of anilines is 4. The standard InChI is InChI=1S/C24H36N2O4.C23H34N2O4.2C22H32N2O4/c1-3-12-24(20-6-4-5-7-20)29-18-23(30-24)17-28-22-10-8-21(9-11-22)26-15-13-25(14-16-26)19(2)27;1-18(26)24-12-14-25(15-13-24)20-8-10-21(11-9-20)27-16-22-17-28-23(2,29-22)19-6-4-3-5-7-19;2*1-17(25)23-11-13-24(14-12-23)19-7-9-20(10-8-19)26-15-21-16-27-22(2,28-21)18-5-3-4-6-18/h8-11,20,23H,3-7,12-18H2,1-2H3;8-11,19,22H,3-7,12-17H2,1-2H3;2*7-10,18,21H,3-6,11-16H2,1-2H3. The number of nitrogens with zero attached hydrogens (tertiary/aromatic N) is 8. The highest BCUT2D eigenvalue weighted by Gasteiger charge is 2.50. The minimum absolute atomic E-state index is 0.00325. The Labute approximate surface area is 684 Å². The summed E-state index contributed by atoms with van der Waals surface area (Å²) in [5.41, 5.74) is 4.69. The maximum absolute atomic E-state index is 11.5. The number of amides is 4. The molecule has 4 aliphatic carbocycles. The molecule has 0 bridgehead atoms. The van der Waals surface area contributed by atoms with Gasteiger partial charge in [0.25, 0.3) is 0 Å². The summed E-state index contributed by atoms with van der Waals surface area (Å²) in [6.07, 6.45) is 23.3. The fraction of sp³-hybridized carbons (Fsp3) is 0.692. The summed E-state index contributed by atoms with van der Waals surface area (Å²) in [4.78, 5) is 62.7. The van der Waals surface area contributed by atoms with Gasteiger partial charge in [-0.2, -0.15) is 0 Å². The van der Waals surface area contributed by atoms with E-state index in [9.17, 15) is 19.2 Å². The smallest absolute Gasteiger partial charge is 0.219 e. The summed E-state index contributed by atoms with van der Waals surface area (Å²) in [5.74, 6) is 4.42. The van der Waals surface area contributed by atoms with Gasteiger partial charge >= 0.3 is 0 Å². The summed E-state index contributed by atoms with van der Waals surface area (Å²) >= 11 is 0. The predicted octanol–water partition coefficient (Wildman–Crippen LogP) is 13.4. The van der Waals surface area contributed by atoms with Gasteiger partial charge in [0, 0.05) is 185 Å². The minimum Gasteiger partial charge on any atom is -0.491 e. The van der Waals surface area contributed by atoms with Crippen molar-refractivity contribution in [1.29, 1.82) is 0 Å². The summed E-state index contributed by atoms with van der Waals surface area (Å²) in [5, 5.41) is 0. The molecule has 634 valence electrons. The molecule has 24 heteroatoms. The Kier molecular flexibility index (Phi) is 30.2. The number of rotatable bonds is 22. The molecule has 8 aliphatic heterocycles. The number of ether oxygens (including phenoxy) is 12. The zero-order valence-corrected chi connectivity index (χ0v) is 70.4. The van der Waals surface area contributed by atoms with Gasteiger partial charge in [-0.25, -0.2) is 0 Å². The second kappa shape index (κ2) is 40.5. The zero-order valence-electron chi connectivity index (χ0n) is 70.4. The van der Waals surface area contributed by atoms with E-state index in [0.29, 0.717) is 76.5 Å². The van der Waals surface area contributed by atoms with Crippen LogP contribution in [0.2, 0.25) is 0 Å². The van der Waals surface area contributed by atoms with E-state index in [0.717, 1.165) is 141 Å². The topological polar surface area (TPSA) is 205 Å². The fourth-order valence-electron chi connectivity index (χ4n) is 19.2. The van der Waals surface area contributed by atoms with Gasteiger partial charge < -0.3 is 96.0 Å². The van der Waals surface area contributed by atoms with Gasteiger partial charge in [-0.1, -0.05) is 71.1 Å². The third-order valence-electron chi connectivity index (χ3n) is 26.3. The van der Waals surface area contributed by atoms with Gasteiger partial charge in [-0.15, -0.1) is 0 Å². The average molecular weight is 1600 g/mol. The maximum Gasteiger partial charge on any atom is 0.219 e. The van der Waals surface area contributed by atoms with E-state index >= 15 is 0 Å². The molecule has 0 spiro atoms. The van der Waals surface area contributed by atoms with E-state index in [-0.39, 0.29) is 53.8 Å². The first-order chi connectivity index (χ1) is 55.7. The molecule has 8 atom stereocenters. The lowest BCUT2D eigenvalue weighted by Gasteiger charge is -2.35. The van der Waals surface area contributed by atoms with Crippen LogP contribution in [0.1, 0.15) is 177 Å². The Balaban J connectivity index is 0.000000134. The highest BCUT2D eigenvalue weighted by molar-refractivity contribution is 5.75. The van der Waals surface area contributed by atoms with Crippen molar-refractivity contribution in [2.75, 3.05) is 177 Å². The Morgan fingerprint density at radius 1 is 0.313 bits per heavy atom. The zero-order chi connectivity index (χ0) is 80.4. The van der Waals surface area contributed by atoms with Gasteiger partial charge in [0.2, 0.25) is 23.6 Å². The first-order valence-electron chi connectivity index (χ1n) is 43.9. The second-order valence-electron chi connectivity index (χ2n) is 34.3. The largest absolute Gasteiger partial charge is 0.491 e. The molecule has 0 radical (unpaired) electrons. The van der Waals surface area contributed by atoms with Gasteiger partial charge in [-0.3, -0.25) is 19.2 Å². The van der Waals surface area contributed by atoms with Crippen molar-refractivity contribution in [3.63, 3.8) is 0 Å². The van der Waals surface area contributed by atoms with E-state index < -0.39 is 17.4 Å². The molecule has 8 unspecified atom stereocenters. The molecule has 8 heterocycles. The molecule has 12 aliphatic rings. The molecule has 12 fully saturated rings. The van der Waals surface area contributed by atoms with E-state index in [4.69, 9.17) is 56.8 Å². The molecule has 4 aromatic carbocycles. The molecule has 8 saturated heterocycles. The van der Waals surface area contributed by atoms with Crippen molar-refractivity contribution in [3.8, 4) is 23.0 Å². The molecule has 0 N–H and O–H groups in total. The van der Waals surface area contributed by atoms with Crippen molar-refractivity contribution < 1.29 is 76.0 Å². The number of hydrogen-bond donors (Lipinski definition) is 0. The monoisotopic (exact) mass is 1590 g/mol. The summed E-state index contributed by atoms with van der Waals surface area (Å²) in [7, 11) is 0. The van der Waals surface area contributed by atoms with Crippen LogP contribution < -0.4 is 38.5 Å². The van der Waals surface area contributed by atoms with Crippen LogP contribution in [-0.2, 0) is 57.1 Å². The van der Waals surface area contributed by atoms with Crippen LogP contribution in [0.15, 0.2) is 97.1 Å². The fourth-order valence-corrected chi connectivity index (χ4v) is 19.2. The first kappa shape index (κ1) is 85.7. The van der Waals surface area contributed by atoms with Gasteiger partial charge in [0.15, 0.2) is 23.1 Å². The van der Waals surface area contributed by atoms with Crippen molar-refractivity contribution in [1.82, 2.24) is 19.6 Å². The lowest BCUT2D eigenvalue weighted by Crippen LogP contribution is -2.48. The highest BCUT2D eigenvalue weighted by Crippen LogP contribution is 2.46. The Hall–Kier alpha value is -7.16. The molecular formula is C91H134N8O16. The van der Waals surface area contributed by atoms with E-state index in [1.807, 2.05) is 68.1 Å². The van der Waals surface area contributed by atoms with Crippen molar-refractivity contribution in [2.24, 2.45) is 23.7 Å². The predicted molar refractivity (Wildman–Crippen MR) is 444 cm³/mol. The Morgan fingerprint density at radius 2 is 0.539 bits per heavy atom. The molecule has 4 aromatic rings. The normalized spacial score (nSPS) is 28.4. The highest BCUT2D eigenvalue weighted by atomic mass is 16.8. The van der Waals surface area contributed by atoms with Gasteiger partial charge in [-0.05, 0) is 169 Å². The lowest BCUT2D eigenvalue weighted by molar-refractivity contribution is -0.210. The van der Waals surface area contributed by atoms with Crippen LogP contribution in [0.3, 0.4) is 0 Å². The Bertz CT molecular complexity index is 3540. The average Bonchev–Trinajstić information content (AvgIpc) is 1.63. The number of hydrogen-bond acceptors (Lipinski definition) is 20. The maximum atomic E-state index is 11.5. The van der Waals surface area contributed by atoms with Gasteiger partial charge in [0.05, 0.1) is 26.4 Å². The third kappa shape index (κ3) is 23.0. The van der Waals surface area contributed by atoms with Crippen molar-refractivity contribution >= 4 is 46.4 Å². The second-order valence-corrected chi connectivity index (χ2v) is 34.3. The SMILES string of the molecule is CC(=O)N1CCN(c2ccc(OCC3COC(C)(C4CCCC4)O3)cc2)CC1.CC(=O)N1CCN(c2ccc(OCC3COC(C)(C4CCCC4)O3)cc2)CC1.CC(=O)N1CCN(c2ccc(OCC3COC(C)(C4CCCCC4)O3)cc2)CC1.CCCC1(C2CCCC2)OCC(COc2ccc(N3CCN(C(C)=O)CC3)cc2)O1.